The van der Waals surface area contributed by atoms with Crippen molar-refractivity contribution in [3.8, 4) is 0 Å². The highest BCUT2D eigenvalue weighted by Gasteiger charge is 2.20. The Balaban J connectivity index is 3.58. The van der Waals surface area contributed by atoms with Gasteiger partial charge in [-0.05, 0) is 18.2 Å². The van der Waals surface area contributed by atoms with Crippen LogP contribution in [-0.2, 0) is 10.1 Å². The monoisotopic (exact) mass is 244 g/mol. The molecule has 0 aromatic heterocycles. The number of carbonyl (C=O) groups is 2. The molecule has 1 aromatic carbocycles. The van der Waals surface area contributed by atoms with Crippen LogP contribution in [0.2, 0.25) is 0 Å². The number of rotatable bonds is 3. The van der Waals surface area contributed by atoms with Crippen LogP contribution in [0.1, 0.15) is 20.7 Å². The molecule has 0 fully saturated rings. The summed E-state index contributed by atoms with van der Waals surface area (Å²) in [7, 11) is -4.64. The normalized spacial score (nSPS) is 11.1. The molecule has 0 heterocycles. The fourth-order valence-electron chi connectivity index (χ4n) is 1.09. The van der Waals surface area contributed by atoms with Crippen molar-refractivity contribution in [2.75, 3.05) is 0 Å². The van der Waals surface area contributed by atoms with E-state index in [-0.39, 0.29) is 5.56 Å². The van der Waals surface area contributed by atoms with Gasteiger partial charge in [0.15, 0.2) is 0 Å². The number of carbonyl (C=O) groups excluding carboxylic acids is 2. The molecule has 0 aliphatic rings. The molecule has 0 saturated heterocycles. The third kappa shape index (κ3) is 2.35. The van der Waals surface area contributed by atoms with E-state index in [0.717, 1.165) is 18.2 Å². The molecule has 0 aliphatic heterocycles. The van der Waals surface area contributed by atoms with Gasteiger partial charge in [0, 0.05) is 5.56 Å². The summed E-state index contributed by atoms with van der Waals surface area (Å²) < 4.78 is 30.7. The predicted molar refractivity (Wildman–Crippen MR) is 53.3 cm³/mol. The molecule has 0 atom stereocenters. The minimum Gasteiger partial charge on any atom is -0.366 e. The number of amides is 2. The Labute approximate surface area is 90.8 Å². The van der Waals surface area contributed by atoms with E-state index >= 15 is 0 Å². The molecule has 0 spiro atoms. The van der Waals surface area contributed by atoms with Crippen LogP contribution in [-0.4, -0.2) is 24.8 Å². The summed E-state index contributed by atoms with van der Waals surface area (Å²) in [5, 5.41) is 0. The number of nitrogens with two attached hydrogens (primary N) is 2. The van der Waals surface area contributed by atoms with Gasteiger partial charge < -0.3 is 11.5 Å². The first-order chi connectivity index (χ1) is 7.23. The molecule has 0 radical (unpaired) electrons. The van der Waals surface area contributed by atoms with Crippen molar-refractivity contribution < 1.29 is 22.6 Å². The van der Waals surface area contributed by atoms with E-state index in [0.29, 0.717) is 0 Å². The zero-order valence-electron chi connectivity index (χ0n) is 7.88. The van der Waals surface area contributed by atoms with E-state index < -0.39 is 32.4 Å². The fraction of sp³-hybridized carbons (Fsp3) is 0. The second kappa shape index (κ2) is 3.91. The largest absolute Gasteiger partial charge is 0.366 e. The number of primary amides is 2. The summed E-state index contributed by atoms with van der Waals surface area (Å²) in [4.78, 5) is 20.9. The van der Waals surface area contributed by atoms with E-state index in [9.17, 15) is 18.0 Å². The maximum Gasteiger partial charge on any atom is 0.295 e. The van der Waals surface area contributed by atoms with Crippen molar-refractivity contribution in [3.05, 3.63) is 29.3 Å². The Bertz CT molecular complexity index is 564. The molecule has 1 rings (SSSR count). The van der Waals surface area contributed by atoms with Gasteiger partial charge in [-0.15, -0.1) is 0 Å². The van der Waals surface area contributed by atoms with E-state index in [4.69, 9.17) is 16.0 Å². The minimum absolute atomic E-state index is 0.155. The van der Waals surface area contributed by atoms with E-state index in [2.05, 4.69) is 0 Å². The highest BCUT2D eigenvalue weighted by Crippen LogP contribution is 2.17. The maximum absolute atomic E-state index is 10.9. The van der Waals surface area contributed by atoms with Gasteiger partial charge in [0.2, 0.25) is 11.8 Å². The lowest BCUT2D eigenvalue weighted by atomic mass is 10.1. The molecule has 5 N–H and O–H groups in total. The lowest BCUT2D eigenvalue weighted by Gasteiger charge is -2.04. The van der Waals surface area contributed by atoms with Gasteiger partial charge >= 0.3 is 0 Å². The Kier molecular flexibility index (Phi) is 2.97. The molecule has 1 aromatic rings. The lowest BCUT2D eigenvalue weighted by molar-refractivity contribution is 0.0985. The second-order valence-corrected chi connectivity index (χ2v) is 4.30. The predicted octanol–water partition coefficient (Wildman–Crippen LogP) is -0.869. The Morgan fingerprint density at radius 2 is 1.69 bits per heavy atom. The third-order valence-corrected chi connectivity index (χ3v) is 2.70. The van der Waals surface area contributed by atoms with Crippen molar-refractivity contribution >= 4 is 21.9 Å². The van der Waals surface area contributed by atoms with Crippen LogP contribution in [0.15, 0.2) is 23.1 Å². The van der Waals surface area contributed by atoms with Crippen molar-refractivity contribution in [2.24, 2.45) is 11.5 Å². The summed E-state index contributed by atoms with van der Waals surface area (Å²) in [6.45, 7) is 0. The van der Waals surface area contributed by atoms with Crippen molar-refractivity contribution in [2.45, 2.75) is 4.90 Å². The summed E-state index contributed by atoms with van der Waals surface area (Å²) in [5.41, 5.74) is 9.26. The molecule has 0 saturated carbocycles. The van der Waals surface area contributed by atoms with Crippen molar-refractivity contribution in [1.29, 1.82) is 0 Å². The van der Waals surface area contributed by atoms with E-state index in [1.165, 1.54) is 0 Å². The molecule has 86 valence electrons. The molecular formula is C8H8N2O5S. The smallest absolute Gasteiger partial charge is 0.295 e. The number of hydrogen-bond donors (Lipinski definition) is 3. The number of benzene rings is 1. The molecule has 2 amide bonds. The van der Waals surface area contributed by atoms with Crippen LogP contribution in [0.3, 0.4) is 0 Å². The molecule has 16 heavy (non-hydrogen) atoms. The molecular weight excluding hydrogens is 236 g/mol. The standard InChI is InChI=1S/C8H8N2O5S/c9-7(11)4-1-2-5(8(10)12)6(3-4)16(13,14)15/h1-3H,(H2,9,11)(H2,10,12)(H,13,14,15). The van der Waals surface area contributed by atoms with Crippen LogP contribution in [0.5, 0.6) is 0 Å². The van der Waals surface area contributed by atoms with Crippen LogP contribution in [0.25, 0.3) is 0 Å². The Morgan fingerprint density at radius 1 is 1.12 bits per heavy atom. The molecule has 0 bridgehead atoms. The summed E-state index contributed by atoms with van der Waals surface area (Å²) in [5.74, 6) is -1.93. The van der Waals surface area contributed by atoms with E-state index in [1.54, 1.807) is 0 Å². The first-order valence-corrected chi connectivity index (χ1v) is 5.38. The van der Waals surface area contributed by atoms with E-state index in [1.807, 2.05) is 0 Å². The van der Waals surface area contributed by atoms with Gasteiger partial charge in [-0.1, -0.05) is 0 Å². The fourth-order valence-corrected chi connectivity index (χ4v) is 1.82. The topological polar surface area (TPSA) is 141 Å². The summed E-state index contributed by atoms with van der Waals surface area (Å²) in [6, 6.07) is 2.93. The highest BCUT2D eigenvalue weighted by atomic mass is 32.2. The van der Waals surface area contributed by atoms with Gasteiger partial charge in [0.05, 0.1) is 5.56 Å². The van der Waals surface area contributed by atoms with Crippen LogP contribution < -0.4 is 11.5 Å². The number of hydrogen-bond acceptors (Lipinski definition) is 4. The first kappa shape index (κ1) is 12.1. The minimum atomic E-state index is -4.64. The van der Waals surface area contributed by atoms with Gasteiger partial charge in [-0.25, -0.2) is 0 Å². The summed E-state index contributed by atoms with van der Waals surface area (Å²) in [6.07, 6.45) is 0. The van der Waals surface area contributed by atoms with Crippen LogP contribution in [0.4, 0.5) is 0 Å². The van der Waals surface area contributed by atoms with Gasteiger partial charge in [-0.2, -0.15) is 8.42 Å². The van der Waals surface area contributed by atoms with Gasteiger partial charge in [0.1, 0.15) is 4.90 Å². The Morgan fingerprint density at radius 3 is 2.06 bits per heavy atom. The van der Waals surface area contributed by atoms with Gasteiger partial charge in [-0.3, -0.25) is 14.1 Å². The zero-order valence-corrected chi connectivity index (χ0v) is 8.69. The molecule has 0 aliphatic carbocycles. The molecule has 7 nitrogen and oxygen atoms in total. The highest BCUT2D eigenvalue weighted by molar-refractivity contribution is 7.86. The first-order valence-electron chi connectivity index (χ1n) is 3.94. The van der Waals surface area contributed by atoms with Crippen molar-refractivity contribution in [3.63, 3.8) is 0 Å². The maximum atomic E-state index is 10.9. The Hall–Kier alpha value is -1.93. The zero-order chi connectivity index (χ0) is 12.5. The van der Waals surface area contributed by atoms with Crippen LogP contribution >= 0.6 is 0 Å². The SMILES string of the molecule is NC(=O)c1ccc(C(N)=O)c(S(=O)(=O)O)c1. The van der Waals surface area contributed by atoms with Crippen molar-refractivity contribution in [1.82, 2.24) is 0 Å². The average molecular weight is 244 g/mol. The lowest BCUT2D eigenvalue weighted by Crippen LogP contribution is -2.18. The molecule has 8 heteroatoms. The van der Waals surface area contributed by atoms with Gasteiger partial charge in [0.25, 0.3) is 10.1 Å². The summed E-state index contributed by atoms with van der Waals surface area (Å²) >= 11 is 0. The quantitative estimate of drug-likeness (QED) is 0.593. The third-order valence-electron chi connectivity index (χ3n) is 1.81. The van der Waals surface area contributed by atoms with Crippen LogP contribution in [0, 0.1) is 0 Å². The average Bonchev–Trinajstić information content (AvgIpc) is 2.15. The second-order valence-electron chi connectivity index (χ2n) is 2.91. The molecule has 0 unspecified atom stereocenters.